The van der Waals surface area contributed by atoms with Gasteiger partial charge in [-0.25, -0.2) is 4.79 Å². The van der Waals surface area contributed by atoms with Crippen molar-refractivity contribution in [1.82, 2.24) is 53.2 Å². The van der Waals surface area contributed by atoms with E-state index in [4.69, 9.17) is 22.3 Å². The predicted molar refractivity (Wildman–Crippen MR) is 290 cm³/mol. The number of nitrogens with one attached hydrogen (secondary N) is 10. The molecule has 0 radical (unpaired) electrons. The van der Waals surface area contributed by atoms with E-state index in [-0.39, 0.29) is 44.1 Å². The molecule has 474 valence electrons. The number of rotatable bonds is 42. The van der Waals surface area contributed by atoms with Crippen molar-refractivity contribution in [3.63, 3.8) is 0 Å². The fraction of sp³-hybridized carbons (Fsp3) is 0.680. The number of aliphatic carboxylic acids is 5. The van der Waals surface area contributed by atoms with Crippen LogP contribution in [-0.2, 0) is 76.7 Å². The molecular weight excluding hydrogens is 1120 g/mol. The van der Waals surface area contributed by atoms with Crippen LogP contribution in [0, 0.1) is 17.8 Å². The van der Waals surface area contributed by atoms with E-state index in [0.717, 1.165) is 6.92 Å². The Hall–Kier alpha value is -8.56. The normalized spacial score (nSPS) is 14.9. The summed E-state index contributed by atoms with van der Waals surface area (Å²) in [5.74, 6) is -21.5. The molecule has 0 saturated carbocycles. The first-order chi connectivity index (χ1) is 39.0. The van der Waals surface area contributed by atoms with Gasteiger partial charge >= 0.3 is 29.8 Å². The number of unbranched alkanes of at least 4 members (excludes halogenated alkanes) is 1. The van der Waals surface area contributed by atoms with Gasteiger partial charge < -0.3 is 95.9 Å². The second-order valence-corrected chi connectivity index (χ2v) is 20.7. The van der Waals surface area contributed by atoms with Crippen molar-refractivity contribution in [1.29, 1.82) is 0 Å². The molecule has 0 heterocycles. The maximum absolute atomic E-state index is 14.0. The predicted octanol–water partition coefficient (Wildman–Crippen LogP) is -5.67. The first-order valence-corrected chi connectivity index (χ1v) is 26.9. The SMILES string of the molecule is CC[C@H](C)[C@H](N)C(=O)N[C@@H](CC(=O)O)C(=O)N[C@@H](C)C(=O)N[C@@H](CCCCN)C(=O)N[C@@H](CC(=O)O)C(=O)N[C@@H](CC(C)C)C(=O)N[C@@H](CC(=O)O)C(=O)N[C@@H](CCC(N)=O)C(=O)N[C@@H](CC(C)C)C(=O)NCC(=O)N[C@@H](CC(=O)O)C(=O)O. The van der Waals surface area contributed by atoms with E-state index in [2.05, 4.69) is 47.9 Å². The number of amides is 11. The van der Waals surface area contributed by atoms with Crippen LogP contribution in [0.15, 0.2) is 0 Å². The molecule has 0 aromatic carbocycles. The summed E-state index contributed by atoms with van der Waals surface area (Å²) in [4.78, 5) is 205. The highest BCUT2D eigenvalue weighted by molar-refractivity contribution is 6.00. The molecule has 0 spiro atoms. The number of carbonyl (C=O) groups is 16. The van der Waals surface area contributed by atoms with E-state index >= 15 is 0 Å². The van der Waals surface area contributed by atoms with Gasteiger partial charge in [0.1, 0.15) is 54.4 Å². The minimum atomic E-state index is -2.07. The second kappa shape index (κ2) is 38.3. The fourth-order valence-electron chi connectivity index (χ4n) is 7.60. The minimum Gasteiger partial charge on any atom is -0.481 e. The average molecular weight is 1200 g/mol. The Morgan fingerprint density at radius 2 is 0.774 bits per heavy atom. The number of carbonyl (C=O) groups excluding carboxylic acids is 11. The summed E-state index contributed by atoms with van der Waals surface area (Å²) in [6.07, 6.45) is -5.00. The average Bonchev–Trinajstić information content (AvgIpc) is 3.60. The quantitative estimate of drug-likeness (QED) is 0.0253. The van der Waals surface area contributed by atoms with Gasteiger partial charge in [-0.1, -0.05) is 48.0 Å². The lowest BCUT2D eigenvalue weighted by molar-refractivity contribution is -0.147. The summed E-state index contributed by atoms with van der Waals surface area (Å²) < 4.78 is 0. The maximum Gasteiger partial charge on any atom is 0.326 e. The molecule has 0 aliphatic rings. The number of nitrogens with two attached hydrogens (primary N) is 3. The first kappa shape index (κ1) is 75.4. The van der Waals surface area contributed by atoms with Crippen molar-refractivity contribution < 1.29 is 102 Å². The fourth-order valence-corrected chi connectivity index (χ4v) is 7.60. The molecule has 11 atom stereocenters. The minimum absolute atomic E-state index is 0.126. The molecule has 0 aliphatic heterocycles. The van der Waals surface area contributed by atoms with Crippen LogP contribution < -0.4 is 70.4 Å². The molecule has 0 fully saturated rings. The second-order valence-electron chi connectivity index (χ2n) is 20.7. The molecule has 11 amide bonds. The summed E-state index contributed by atoms with van der Waals surface area (Å²) >= 11 is 0. The van der Waals surface area contributed by atoms with Gasteiger partial charge in [0.2, 0.25) is 65.0 Å². The Bertz CT molecular complexity index is 2370. The molecule has 84 heavy (non-hydrogen) atoms. The molecule has 0 aliphatic carbocycles. The highest BCUT2D eigenvalue weighted by Crippen LogP contribution is 2.12. The summed E-state index contributed by atoms with van der Waals surface area (Å²) in [6, 6.07) is -16.8. The maximum atomic E-state index is 14.0. The lowest BCUT2D eigenvalue weighted by Gasteiger charge is -2.28. The Kier molecular flexibility index (Phi) is 34.4. The molecule has 34 nitrogen and oxygen atoms in total. The molecule has 0 aromatic rings. The van der Waals surface area contributed by atoms with E-state index in [0.29, 0.717) is 12.8 Å². The van der Waals surface area contributed by atoms with Gasteiger partial charge in [-0.3, -0.25) is 71.9 Å². The number of carboxylic acid groups (broad SMARTS) is 5. The zero-order valence-electron chi connectivity index (χ0n) is 47.9. The molecule has 0 rings (SSSR count). The van der Waals surface area contributed by atoms with Crippen LogP contribution >= 0.6 is 0 Å². The highest BCUT2D eigenvalue weighted by atomic mass is 16.4. The van der Waals surface area contributed by atoms with Gasteiger partial charge in [-0.05, 0) is 69.7 Å². The van der Waals surface area contributed by atoms with Gasteiger partial charge in [-0.15, -0.1) is 0 Å². The molecule has 34 heteroatoms. The van der Waals surface area contributed by atoms with Crippen LogP contribution in [0.25, 0.3) is 0 Å². The molecule has 21 N–H and O–H groups in total. The van der Waals surface area contributed by atoms with Crippen LogP contribution in [0.5, 0.6) is 0 Å². The summed E-state index contributed by atoms with van der Waals surface area (Å²) in [7, 11) is 0. The Balaban J connectivity index is 6.70. The van der Waals surface area contributed by atoms with E-state index in [1.165, 1.54) is 0 Å². The van der Waals surface area contributed by atoms with Crippen LogP contribution in [0.2, 0.25) is 0 Å². The number of hydrogen-bond donors (Lipinski definition) is 18. The van der Waals surface area contributed by atoms with Crippen molar-refractivity contribution >= 4 is 94.8 Å². The van der Waals surface area contributed by atoms with E-state index in [1.54, 1.807) is 41.5 Å². The topological polar surface area (TPSA) is 573 Å². The number of hydrogen-bond acceptors (Lipinski definition) is 18. The van der Waals surface area contributed by atoms with Crippen molar-refractivity contribution in [2.45, 2.75) is 186 Å². The van der Waals surface area contributed by atoms with Crippen LogP contribution in [-0.4, -0.2) is 194 Å². The van der Waals surface area contributed by atoms with Gasteiger partial charge in [0, 0.05) is 6.42 Å². The summed E-state index contributed by atoms with van der Waals surface area (Å²) in [5, 5.41) is 69.5. The Labute approximate surface area is 483 Å². The monoisotopic (exact) mass is 1200 g/mol. The van der Waals surface area contributed by atoms with E-state index in [1.807, 2.05) is 5.32 Å². The zero-order chi connectivity index (χ0) is 64.7. The molecular formula is C50H83N13O21. The lowest BCUT2D eigenvalue weighted by atomic mass is 9.99. The zero-order valence-corrected chi connectivity index (χ0v) is 47.9. The molecule has 0 unspecified atom stereocenters. The molecule has 0 saturated heterocycles. The third-order valence-electron chi connectivity index (χ3n) is 12.4. The number of carboxylic acids is 5. The van der Waals surface area contributed by atoms with Crippen molar-refractivity contribution in [3.8, 4) is 0 Å². The van der Waals surface area contributed by atoms with E-state index < -0.39 is 206 Å². The van der Waals surface area contributed by atoms with Gasteiger partial charge in [0.25, 0.3) is 0 Å². The van der Waals surface area contributed by atoms with Gasteiger partial charge in [0.15, 0.2) is 0 Å². The molecule has 0 bridgehead atoms. The summed E-state index contributed by atoms with van der Waals surface area (Å²) in [5.41, 5.74) is 16.9. The van der Waals surface area contributed by atoms with E-state index in [9.17, 15) is 97.1 Å². The van der Waals surface area contributed by atoms with Crippen molar-refractivity contribution in [2.75, 3.05) is 13.1 Å². The third-order valence-corrected chi connectivity index (χ3v) is 12.4. The van der Waals surface area contributed by atoms with Crippen molar-refractivity contribution in [3.05, 3.63) is 0 Å². The lowest BCUT2D eigenvalue weighted by Crippen LogP contribution is -2.61. The summed E-state index contributed by atoms with van der Waals surface area (Å²) in [6.45, 7) is 10.2. The van der Waals surface area contributed by atoms with Crippen LogP contribution in [0.1, 0.15) is 126 Å². The third kappa shape index (κ3) is 30.5. The largest absolute Gasteiger partial charge is 0.481 e. The Morgan fingerprint density at radius 1 is 0.417 bits per heavy atom. The smallest absolute Gasteiger partial charge is 0.326 e. The Morgan fingerprint density at radius 3 is 1.18 bits per heavy atom. The first-order valence-electron chi connectivity index (χ1n) is 26.9. The molecule has 0 aromatic heterocycles. The van der Waals surface area contributed by atoms with Gasteiger partial charge in [-0.2, -0.15) is 0 Å². The van der Waals surface area contributed by atoms with Crippen LogP contribution in [0.3, 0.4) is 0 Å². The van der Waals surface area contributed by atoms with Crippen LogP contribution in [0.4, 0.5) is 0 Å². The van der Waals surface area contributed by atoms with Crippen molar-refractivity contribution in [2.24, 2.45) is 35.0 Å². The highest BCUT2D eigenvalue weighted by Gasteiger charge is 2.37. The standard InChI is InChI=1S/C50H83N13O21/c1-8-24(6)40(53)49(82)63-30(17-36(66)67)45(78)55-25(7)41(74)57-26(11-9-10-14-51)43(76)61-32(19-38(70)71)48(81)60-29(16-23(4)5)46(79)62-31(18-37(68)69)47(80)58-27(12-13-34(52)64)44(77)59-28(15-22(2)3)42(75)54-21-35(65)56-33(50(83)84)20-39(72)73/h22-33,40H,8-21,51,53H2,1-7H3,(H2,52,64)(H,54,75)(H,55,78)(H,56,65)(H,57,74)(H,58,80)(H,59,77)(H,60,81)(H,61,76)(H,62,79)(H,63,82)(H,66,67)(H,68,69)(H,70,71)(H,72,73)(H,83,84)/t24-,25-,26-,27-,28-,29-,30-,31-,32-,33-,40-/m0/s1. The number of primary amides is 1. The van der Waals surface area contributed by atoms with Gasteiger partial charge in [0.05, 0.1) is 38.3 Å².